The van der Waals surface area contributed by atoms with Crippen LogP contribution in [0.15, 0.2) is 35.3 Å². The first kappa shape index (κ1) is 14.0. The third kappa shape index (κ3) is 4.34. The number of rotatable bonds is 3. The van der Waals surface area contributed by atoms with Crippen molar-refractivity contribution in [3.05, 3.63) is 35.9 Å². The summed E-state index contributed by atoms with van der Waals surface area (Å²) in [5, 5.41) is 0. The molecule has 0 aliphatic rings. The molecular weight excluding hydrogens is 224 g/mol. The van der Waals surface area contributed by atoms with E-state index in [2.05, 4.69) is 62.9 Å². The summed E-state index contributed by atoms with van der Waals surface area (Å²) in [6, 6.07) is 10.5. The molecule has 0 aromatic heterocycles. The Kier molecular flexibility index (Phi) is 4.94. The molecule has 1 aromatic carbocycles. The molecule has 0 saturated carbocycles. The fourth-order valence-electron chi connectivity index (χ4n) is 1.75. The van der Waals surface area contributed by atoms with Crippen LogP contribution in [-0.4, -0.2) is 39.2 Å². The third-order valence-corrected chi connectivity index (χ3v) is 3.30. The summed E-state index contributed by atoms with van der Waals surface area (Å²) in [4.78, 5) is 7.25. The first-order valence-electron chi connectivity index (χ1n) is 6.38. The van der Waals surface area contributed by atoms with Crippen molar-refractivity contribution in [3.63, 3.8) is 0 Å². The highest BCUT2D eigenvalue weighted by molar-refractivity contribution is 6.11. The van der Waals surface area contributed by atoms with Crippen molar-refractivity contribution >= 4 is 16.1 Å². The Morgan fingerprint density at radius 3 is 2.24 bits per heavy atom. The van der Waals surface area contributed by atoms with Crippen LogP contribution in [0.25, 0.3) is 0 Å². The van der Waals surface area contributed by atoms with Crippen molar-refractivity contribution in [1.29, 1.82) is 0 Å². The topological polar surface area (TPSA) is 15.6 Å². The van der Waals surface area contributed by atoms with Gasteiger partial charge >= 0.3 is 0 Å². The van der Waals surface area contributed by atoms with Gasteiger partial charge in [0.25, 0.3) is 0 Å². The first-order chi connectivity index (χ1) is 7.98. The summed E-state index contributed by atoms with van der Waals surface area (Å²) in [5.74, 6) is 1.13. The van der Waals surface area contributed by atoms with Crippen molar-refractivity contribution in [1.82, 2.24) is 4.90 Å². The largest absolute Gasteiger partial charge is 0.361 e. The van der Waals surface area contributed by atoms with Crippen LogP contribution < -0.4 is 0 Å². The number of nitrogens with zero attached hydrogens (tertiary/aromatic N) is 2. The standard InChI is InChI=1S/C14H24N2Si/c1-5-16(11-17)13(15-14(2,3)4)12-9-7-6-8-10-12/h6-10H,5,11H2,1-4,17H3/b15-13+. The number of hydrogen-bond donors (Lipinski definition) is 0. The average molecular weight is 248 g/mol. The molecule has 0 atom stereocenters. The predicted octanol–water partition coefficient (Wildman–Crippen LogP) is 1.88. The van der Waals surface area contributed by atoms with E-state index >= 15 is 0 Å². The second kappa shape index (κ2) is 6.01. The van der Waals surface area contributed by atoms with Gasteiger partial charge in [0.15, 0.2) is 0 Å². The molecule has 0 N–H and O–H groups in total. The molecule has 0 amide bonds. The predicted molar refractivity (Wildman–Crippen MR) is 79.9 cm³/mol. The highest BCUT2D eigenvalue weighted by Gasteiger charge is 2.15. The quantitative estimate of drug-likeness (QED) is 0.453. The van der Waals surface area contributed by atoms with Gasteiger partial charge in [-0.25, -0.2) is 0 Å². The Labute approximate surface area is 108 Å². The van der Waals surface area contributed by atoms with E-state index < -0.39 is 0 Å². The highest BCUT2D eigenvalue weighted by Crippen LogP contribution is 2.13. The van der Waals surface area contributed by atoms with Gasteiger partial charge in [-0.1, -0.05) is 30.3 Å². The van der Waals surface area contributed by atoms with Crippen LogP contribution in [0.5, 0.6) is 0 Å². The summed E-state index contributed by atoms with van der Waals surface area (Å²) in [7, 11) is 1.17. The van der Waals surface area contributed by atoms with Crippen LogP contribution in [-0.2, 0) is 0 Å². The molecule has 0 saturated heterocycles. The van der Waals surface area contributed by atoms with Crippen LogP contribution in [0.3, 0.4) is 0 Å². The minimum atomic E-state index is -0.0324. The molecule has 3 heteroatoms. The van der Waals surface area contributed by atoms with E-state index in [9.17, 15) is 0 Å². The maximum absolute atomic E-state index is 4.89. The molecule has 0 heterocycles. The van der Waals surface area contributed by atoms with E-state index in [0.29, 0.717) is 0 Å². The molecule has 0 bridgehead atoms. The van der Waals surface area contributed by atoms with Gasteiger partial charge in [-0.15, -0.1) is 0 Å². The molecule has 1 rings (SSSR count). The normalized spacial score (nSPS) is 12.8. The van der Waals surface area contributed by atoms with Gasteiger partial charge in [0, 0.05) is 28.5 Å². The maximum atomic E-state index is 4.89. The molecule has 0 aliphatic carbocycles. The Bertz CT molecular complexity index is 362. The molecule has 0 fully saturated rings. The summed E-state index contributed by atoms with van der Waals surface area (Å²) >= 11 is 0. The van der Waals surface area contributed by atoms with Crippen LogP contribution in [0.2, 0.25) is 0 Å². The third-order valence-electron chi connectivity index (χ3n) is 2.54. The van der Waals surface area contributed by atoms with E-state index in [4.69, 9.17) is 4.99 Å². The lowest BCUT2D eigenvalue weighted by atomic mass is 10.1. The van der Waals surface area contributed by atoms with Crippen molar-refractivity contribution in [2.75, 3.05) is 12.7 Å². The first-order valence-corrected chi connectivity index (χ1v) is 7.79. The second-order valence-corrected chi connectivity index (χ2v) is 5.78. The number of aliphatic imine (C=N–C) groups is 1. The van der Waals surface area contributed by atoms with Gasteiger partial charge < -0.3 is 4.90 Å². The zero-order valence-corrected chi connectivity index (χ0v) is 13.7. The lowest BCUT2D eigenvalue weighted by Crippen LogP contribution is -2.34. The van der Waals surface area contributed by atoms with Gasteiger partial charge in [0.1, 0.15) is 5.84 Å². The van der Waals surface area contributed by atoms with Crippen LogP contribution in [0.1, 0.15) is 33.3 Å². The van der Waals surface area contributed by atoms with E-state index in [1.807, 2.05) is 0 Å². The van der Waals surface area contributed by atoms with E-state index in [1.165, 1.54) is 15.8 Å². The van der Waals surface area contributed by atoms with Crippen LogP contribution in [0, 0.1) is 0 Å². The highest BCUT2D eigenvalue weighted by atomic mass is 28.1. The molecule has 0 spiro atoms. The summed E-state index contributed by atoms with van der Waals surface area (Å²) in [6.45, 7) is 9.66. The zero-order chi connectivity index (χ0) is 12.9. The van der Waals surface area contributed by atoms with E-state index in [0.717, 1.165) is 18.5 Å². The summed E-state index contributed by atoms with van der Waals surface area (Å²) < 4.78 is 0. The number of amidine groups is 1. The molecule has 17 heavy (non-hydrogen) atoms. The average Bonchev–Trinajstić information content (AvgIpc) is 2.29. The zero-order valence-electron chi connectivity index (χ0n) is 11.7. The Morgan fingerprint density at radius 1 is 1.24 bits per heavy atom. The van der Waals surface area contributed by atoms with Gasteiger partial charge in [-0.05, 0) is 27.7 Å². The molecule has 2 nitrogen and oxygen atoms in total. The number of benzene rings is 1. The van der Waals surface area contributed by atoms with Crippen LogP contribution >= 0.6 is 0 Å². The van der Waals surface area contributed by atoms with Gasteiger partial charge in [0.2, 0.25) is 0 Å². The summed E-state index contributed by atoms with van der Waals surface area (Å²) in [5.41, 5.74) is 1.19. The molecule has 0 aliphatic heterocycles. The fourth-order valence-corrected chi connectivity index (χ4v) is 2.49. The molecule has 94 valence electrons. The molecule has 1 aromatic rings. The van der Waals surface area contributed by atoms with Gasteiger partial charge in [0.05, 0.1) is 5.54 Å². The maximum Gasteiger partial charge on any atom is 0.131 e. The molecule has 0 radical (unpaired) electrons. The smallest absolute Gasteiger partial charge is 0.131 e. The minimum absolute atomic E-state index is 0.0324. The van der Waals surface area contributed by atoms with Crippen molar-refractivity contribution < 1.29 is 0 Å². The minimum Gasteiger partial charge on any atom is -0.361 e. The SMILES string of the molecule is CCN(C[SiH3])/C(=N/C(C)(C)C)c1ccccc1. The summed E-state index contributed by atoms with van der Waals surface area (Å²) in [6.07, 6.45) is 1.13. The monoisotopic (exact) mass is 248 g/mol. The lowest BCUT2D eigenvalue weighted by Gasteiger charge is -2.26. The van der Waals surface area contributed by atoms with E-state index in [-0.39, 0.29) is 5.54 Å². The Hall–Kier alpha value is -1.09. The van der Waals surface area contributed by atoms with Crippen molar-refractivity contribution in [2.24, 2.45) is 4.99 Å². The Morgan fingerprint density at radius 2 is 1.82 bits per heavy atom. The molecular formula is C14H24N2Si. The van der Waals surface area contributed by atoms with Gasteiger partial charge in [-0.3, -0.25) is 4.99 Å². The number of hydrogen-bond acceptors (Lipinski definition) is 1. The van der Waals surface area contributed by atoms with E-state index in [1.54, 1.807) is 0 Å². The van der Waals surface area contributed by atoms with Crippen LogP contribution in [0.4, 0.5) is 0 Å². The molecule has 0 unspecified atom stereocenters. The van der Waals surface area contributed by atoms with Gasteiger partial charge in [-0.2, -0.15) is 0 Å². The lowest BCUT2D eigenvalue weighted by molar-refractivity contribution is 0.490. The fraction of sp³-hybridized carbons (Fsp3) is 0.500. The van der Waals surface area contributed by atoms with Crippen molar-refractivity contribution in [2.45, 2.75) is 33.2 Å². The Balaban J connectivity index is 3.16. The second-order valence-electron chi connectivity index (χ2n) is 5.14. The van der Waals surface area contributed by atoms with Crippen molar-refractivity contribution in [3.8, 4) is 0 Å².